The minimum absolute atomic E-state index is 0.121. The van der Waals surface area contributed by atoms with Crippen molar-refractivity contribution in [2.75, 3.05) is 19.3 Å². The van der Waals surface area contributed by atoms with Crippen LogP contribution in [0.3, 0.4) is 0 Å². The van der Waals surface area contributed by atoms with Crippen LogP contribution in [-0.2, 0) is 4.79 Å². The number of benzene rings is 1. The summed E-state index contributed by atoms with van der Waals surface area (Å²) in [6.07, 6.45) is 0. The Kier molecular flexibility index (Phi) is 4.49. The molecule has 0 fully saturated rings. The van der Waals surface area contributed by atoms with Gasteiger partial charge in [0.15, 0.2) is 0 Å². The predicted molar refractivity (Wildman–Crippen MR) is 62.1 cm³/mol. The molecule has 0 heterocycles. The maximum atomic E-state index is 11.5. The fraction of sp³-hybridized carbons (Fsp3) is 0.364. The first-order valence-electron chi connectivity index (χ1n) is 4.79. The smallest absolute Gasteiger partial charge is 0.232 e. The van der Waals surface area contributed by atoms with E-state index in [-0.39, 0.29) is 11.7 Å². The molecule has 0 aliphatic rings. The van der Waals surface area contributed by atoms with Crippen LogP contribution >= 0.6 is 11.8 Å². The number of carbonyl (C=O) groups is 1. The molecule has 0 aliphatic carbocycles. The van der Waals surface area contributed by atoms with E-state index in [1.807, 2.05) is 6.92 Å². The Labute approximate surface area is 94.1 Å². The van der Waals surface area contributed by atoms with Crippen LogP contribution in [0.4, 0.5) is 0 Å². The molecule has 0 spiro atoms. The number of hydrogen-bond donors (Lipinski definition) is 1. The molecule has 0 bridgehead atoms. The lowest BCUT2D eigenvalue weighted by Gasteiger charge is -2.13. The van der Waals surface area contributed by atoms with E-state index in [1.165, 1.54) is 11.8 Å². The summed E-state index contributed by atoms with van der Waals surface area (Å²) in [7, 11) is 1.79. The Hall–Kier alpha value is -1.16. The number of rotatable bonds is 4. The molecule has 0 radical (unpaired) electrons. The van der Waals surface area contributed by atoms with Crippen molar-refractivity contribution in [1.29, 1.82) is 0 Å². The Bertz CT molecular complexity index is 324. The maximum absolute atomic E-state index is 11.5. The summed E-state index contributed by atoms with van der Waals surface area (Å²) in [5, 5.41) is 9.08. The van der Waals surface area contributed by atoms with Gasteiger partial charge in [0.1, 0.15) is 5.75 Å². The third kappa shape index (κ3) is 3.83. The number of aromatic hydroxyl groups is 1. The molecule has 15 heavy (non-hydrogen) atoms. The Morgan fingerprint density at radius 2 is 2.00 bits per heavy atom. The van der Waals surface area contributed by atoms with Gasteiger partial charge >= 0.3 is 0 Å². The lowest BCUT2D eigenvalue weighted by molar-refractivity contribution is -0.126. The van der Waals surface area contributed by atoms with Gasteiger partial charge in [-0.25, -0.2) is 0 Å². The van der Waals surface area contributed by atoms with E-state index in [2.05, 4.69) is 0 Å². The lowest BCUT2D eigenvalue weighted by atomic mass is 10.3. The molecule has 4 heteroatoms. The monoisotopic (exact) mass is 225 g/mol. The van der Waals surface area contributed by atoms with Gasteiger partial charge < -0.3 is 10.0 Å². The summed E-state index contributed by atoms with van der Waals surface area (Å²) in [5.41, 5.74) is 0. The van der Waals surface area contributed by atoms with Crippen molar-refractivity contribution in [3.05, 3.63) is 24.3 Å². The zero-order valence-electron chi connectivity index (χ0n) is 8.93. The second kappa shape index (κ2) is 5.66. The molecule has 0 aromatic heterocycles. The van der Waals surface area contributed by atoms with Crippen molar-refractivity contribution in [1.82, 2.24) is 4.90 Å². The molecule has 1 amide bonds. The summed E-state index contributed by atoms with van der Waals surface area (Å²) in [5.74, 6) is 0.807. The molecular weight excluding hydrogens is 210 g/mol. The largest absolute Gasteiger partial charge is 0.508 e. The molecule has 0 saturated heterocycles. The third-order valence-corrected chi connectivity index (χ3v) is 3.10. The topological polar surface area (TPSA) is 40.5 Å². The van der Waals surface area contributed by atoms with Gasteiger partial charge in [0.25, 0.3) is 0 Å². The zero-order chi connectivity index (χ0) is 11.3. The van der Waals surface area contributed by atoms with E-state index >= 15 is 0 Å². The lowest BCUT2D eigenvalue weighted by Crippen LogP contribution is -2.27. The molecule has 0 saturated carbocycles. The van der Waals surface area contributed by atoms with Gasteiger partial charge in [-0.05, 0) is 31.2 Å². The highest BCUT2D eigenvalue weighted by atomic mass is 32.2. The Morgan fingerprint density at radius 1 is 1.40 bits per heavy atom. The zero-order valence-corrected chi connectivity index (χ0v) is 9.75. The summed E-state index contributed by atoms with van der Waals surface area (Å²) in [6.45, 7) is 2.68. The van der Waals surface area contributed by atoms with Crippen molar-refractivity contribution in [2.45, 2.75) is 11.8 Å². The molecule has 1 aromatic rings. The molecule has 82 valence electrons. The standard InChI is InChI=1S/C11H15NO2S/c1-3-12(2)11(14)8-15-10-6-4-9(13)5-7-10/h4-7,13H,3,8H2,1-2H3. The fourth-order valence-electron chi connectivity index (χ4n) is 0.974. The van der Waals surface area contributed by atoms with Crippen LogP contribution in [0, 0.1) is 0 Å². The van der Waals surface area contributed by atoms with Crippen LogP contribution in [0.2, 0.25) is 0 Å². The SMILES string of the molecule is CCN(C)C(=O)CSc1ccc(O)cc1. The third-order valence-electron chi connectivity index (χ3n) is 2.10. The van der Waals surface area contributed by atoms with Crippen molar-refractivity contribution in [2.24, 2.45) is 0 Å². The van der Waals surface area contributed by atoms with Gasteiger partial charge in [0.2, 0.25) is 5.91 Å². The highest BCUT2D eigenvalue weighted by molar-refractivity contribution is 8.00. The van der Waals surface area contributed by atoms with Gasteiger partial charge in [0, 0.05) is 18.5 Å². The molecule has 1 aromatic carbocycles. The predicted octanol–water partition coefficient (Wildman–Crippen LogP) is 1.96. The first kappa shape index (κ1) is 11.9. The Balaban J connectivity index is 2.43. The van der Waals surface area contributed by atoms with Crippen LogP contribution in [-0.4, -0.2) is 35.3 Å². The second-order valence-corrected chi connectivity index (χ2v) is 4.24. The van der Waals surface area contributed by atoms with Gasteiger partial charge in [-0.3, -0.25) is 4.79 Å². The van der Waals surface area contributed by atoms with Crippen molar-refractivity contribution >= 4 is 17.7 Å². The number of phenols is 1. The van der Waals surface area contributed by atoms with Crippen LogP contribution in [0.15, 0.2) is 29.2 Å². The van der Waals surface area contributed by atoms with E-state index in [0.29, 0.717) is 5.75 Å². The first-order chi connectivity index (χ1) is 7.13. The number of phenolic OH excluding ortho intramolecular Hbond substituents is 1. The molecule has 1 N–H and O–H groups in total. The van der Waals surface area contributed by atoms with Crippen LogP contribution in [0.5, 0.6) is 5.75 Å². The van der Waals surface area contributed by atoms with Crippen molar-refractivity contribution in [3.8, 4) is 5.75 Å². The second-order valence-electron chi connectivity index (χ2n) is 3.19. The molecule has 0 aliphatic heterocycles. The number of nitrogens with zero attached hydrogens (tertiary/aromatic N) is 1. The maximum Gasteiger partial charge on any atom is 0.232 e. The van der Waals surface area contributed by atoms with E-state index in [0.717, 1.165) is 11.4 Å². The van der Waals surface area contributed by atoms with Crippen LogP contribution in [0.1, 0.15) is 6.92 Å². The van der Waals surface area contributed by atoms with Crippen LogP contribution < -0.4 is 0 Å². The van der Waals surface area contributed by atoms with Gasteiger partial charge in [-0.15, -0.1) is 11.8 Å². The summed E-state index contributed by atoms with van der Waals surface area (Å²) in [6, 6.07) is 6.85. The molecule has 0 atom stereocenters. The first-order valence-corrected chi connectivity index (χ1v) is 5.78. The molecule has 0 unspecified atom stereocenters. The van der Waals surface area contributed by atoms with E-state index < -0.39 is 0 Å². The quantitative estimate of drug-likeness (QED) is 0.796. The summed E-state index contributed by atoms with van der Waals surface area (Å²) >= 11 is 1.48. The fourth-order valence-corrected chi connectivity index (χ4v) is 1.81. The highest BCUT2D eigenvalue weighted by Gasteiger charge is 2.06. The average molecular weight is 225 g/mol. The van der Waals surface area contributed by atoms with Crippen molar-refractivity contribution < 1.29 is 9.90 Å². The van der Waals surface area contributed by atoms with Gasteiger partial charge in [-0.1, -0.05) is 0 Å². The van der Waals surface area contributed by atoms with Crippen molar-refractivity contribution in [3.63, 3.8) is 0 Å². The van der Waals surface area contributed by atoms with E-state index in [1.54, 1.807) is 36.2 Å². The average Bonchev–Trinajstić information content (AvgIpc) is 2.26. The summed E-state index contributed by atoms with van der Waals surface area (Å²) < 4.78 is 0. The molecule has 3 nitrogen and oxygen atoms in total. The summed E-state index contributed by atoms with van der Waals surface area (Å²) in [4.78, 5) is 14.1. The van der Waals surface area contributed by atoms with Gasteiger partial charge in [-0.2, -0.15) is 0 Å². The van der Waals surface area contributed by atoms with E-state index in [9.17, 15) is 4.79 Å². The van der Waals surface area contributed by atoms with Crippen LogP contribution in [0.25, 0.3) is 0 Å². The Morgan fingerprint density at radius 3 is 2.53 bits per heavy atom. The number of amides is 1. The number of carbonyl (C=O) groups excluding carboxylic acids is 1. The number of hydrogen-bond acceptors (Lipinski definition) is 3. The minimum atomic E-state index is 0.121. The van der Waals surface area contributed by atoms with E-state index in [4.69, 9.17) is 5.11 Å². The highest BCUT2D eigenvalue weighted by Crippen LogP contribution is 2.20. The van der Waals surface area contributed by atoms with Gasteiger partial charge in [0.05, 0.1) is 5.75 Å². The number of thioether (sulfide) groups is 1. The normalized spacial score (nSPS) is 10.0. The molecular formula is C11H15NO2S. The molecule has 1 rings (SSSR count). The minimum Gasteiger partial charge on any atom is -0.508 e.